The van der Waals surface area contributed by atoms with Crippen molar-refractivity contribution in [2.75, 3.05) is 18.0 Å². The molecule has 1 aromatic carbocycles. The van der Waals surface area contributed by atoms with Gasteiger partial charge < -0.3 is 20.2 Å². The number of primary amides is 1. The maximum absolute atomic E-state index is 14.2. The number of hydrogen-bond donors (Lipinski definition) is 2. The Balaban J connectivity index is 1.43. The summed E-state index contributed by atoms with van der Waals surface area (Å²) >= 11 is 0. The SMILES string of the molecule is CC(C)c1cnc(C2CCN(c3ccc(-n4c(-c5ccccc5)cc(C(N)=O)c4C(F)(F)F)cn3)CC2)[nH]1. The van der Waals surface area contributed by atoms with E-state index in [1.807, 2.05) is 6.20 Å². The first-order valence-electron chi connectivity index (χ1n) is 12.6. The zero-order valence-electron chi connectivity index (χ0n) is 21.2. The Morgan fingerprint density at radius 1 is 1.05 bits per heavy atom. The lowest BCUT2D eigenvalue weighted by Gasteiger charge is -2.32. The van der Waals surface area contributed by atoms with Crippen molar-refractivity contribution >= 4 is 11.7 Å². The van der Waals surface area contributed by atoms with E-state index in [4.69, 9.17) is 5.73 Å². The van der Waals surface area contributed by atoms with Gasteiger partial charge in [-0.2, -0.15) is 13.2 Å². The van der Waals surface area contributed by atoms with Crippen LogP contribution in [0.5, 0.6) is 0 Å². The summed E-state index contributed by atoms with van der Waals surface area (Å²) in [4.78, 5) is 26.6. The lowest BCUT2D eigenvalue weighted by molar-refractivity contribution is -0.142. The third-order valence-corrected chi connectivity index (χ3v) is 7.04. The lowest BCUT2D eigenvalue weighted by atomic mass is 9.96. The minimum Gasteiger partial charge on any atom is -0.366 e. The van der Waals surface area contributed by atoms with Crippen molar-refractivity contribution in [2.24, 2.45) is 5.73 Å². The van der Waals surface area contributed by atoms with Crippen molar-refractivity contribution in [1.29, 1.82) is 0 Å². The Kier molecular flexibility index (Phi) is 6.73. The molecule has 1 aliphatic rings. The number of imidazole rings is 1. The van der Waals surface area contributed by atoms with Crippen molar-refractivity contribution < 1.29 is 18.0 Å². The number of carbonyl (C=O) groups is 1. The molecule has 0 saturated carbocycles. The Labute approximate surface area is 218 Å². The maximum Gasteiger partial charge on any atom is 0.432 e. The Hall–Kier alpha value is -4.08. The molecule has 4 aromatic rings. The molecule has 0 atom stereocenters. The first-order valence-corrected chi connectivity index (χ1v) is 12.6. The molecule has 0 radical (unpaired) electrons. The largest absolute Gasteiger partial charge is 0.432 e. The zero-order chi connectivity index (χ0) is 27.0. The molecule has 1 fully saturated rings. The molecule has 3 N–H and O–H groups in total. The Morgan fingerprint density at radius 2 is 1.76 bits per heavy atom. The number of anilines is 1. The molecule has 0 bridgehead atoms. The molecule has 38 heavy (non-hydrogen) atoms. The lowest BCUT2D eigenvalue weighted by Crippen LogP contribution is -2.33. The van der Waals surface area contributed by atoms with E-state index in [0.717, 1.165) is 42.0 Å². The quantitative estimate of drug-likeness (QED) is 0.330. The van der Waals surface area contributed by atoms with Crippen LogP contribution >= 0.6 is 0 Å². The van der Waals surface area contributed by atoms with Gasteiger partial charge in [-0.1, -0.05) is 44.2 Å². The highest BCUT2D eigenvalue weighted by Gasteiger charge is 2.41. The number of halogens is 3. The number of carbonyl (C=O) groups excluding carboxylic acids is 1. The number of nitrogens with zero attached hydrogens (tertiary/aromatic N) is 4. The number of benzene rings is 1. The number of H-pyrrole nitrogens is 1. The molecular formula is C28H29F3N6O. The molecule has 198 valence electrons. The van der Waals surface area contributed by atoms with E-state index in [1.165, 1.54) is 12.3 Å². The van der Waals surface area contributed by atoms with Gasteiger partial charge in [0, 0.05) is 30.9 Å². The van der Waals surface area contributed by atoms with E-state index in [0.29, 0.717) is 23.2 Å². The van der Waals surface area contributed by atoms with Gasteiger partial charge >= 0.3 is 6.18 Å². The first kappa shape index (κ1) is 25.6. The van der Waals surface area contributed by atoms with Crippen molar-refractivity contribution in [1.82, 2.24) is 19.5 Å². The number of hydrogen-bond acceptors (Lipinski definition) is 4. The summed E-state index contributed by atoms with van der Waals surface area (Å²) in [6, 6.07) is 13.1. The summed E-state index contributed by atoms with van der Waals surface area (Å²) < 4.78 is 43.6. The molecule has 4 heterocycles. The molecule has 0 spiro atoms. The van der Waals surface area contributed by atoms with Crippen LogP contribution in [0.25, 0.3) is 16.9 Å². The fraction of sp³-hybridized carbons (Fsp3) is 0.321. The van der Waals surface area contributed by atoms with E-state index >= 15 is 0 Å². The highest BCUT2D eigenvalue weighted by atomic mass is 19.4. The van der Waals surface area contributed by atoms with Crippen molar-refractivity contribution in [3.05, 3.63) is 83.7 Å². The number of nitrogens with one attached hydrogen (secondary N) is 1. The standard InChI is InChI=1S/C28H29F3N6O/c1-17(2)22-16-34-27(35-22)19-10-12-36(13-11-19)24-9-8-20(15-33-24)37-23(18-6-4-3-5-7-18)14-21(26(32)38)25(37)28(29,30)31/h3-9,14-17,19H,10-13H2,1-2H3,(H2,32,38)(H,34,35). The summed E-state index contributed by atoms with van der Waals surface area (Å²) in [5.41, 5.74) is 5.71. The van der Waals surface area contributed by atoms with Crippen LogP contribution in [0, 0.1) is 0 Å². The number of piperidine rings is 1. The Bertz CT molecular complexity index is 1420. The molecule has 3 aromatic heterocycles. The van der Waals surface area contributed by atoms with E-state index < -0.39 is 23.3 Å². The highest BCUT2D eigenvalue weighted by molar-refractivity contribution is 5.96. The Morgan fingerprint density at radius 3 is 2.32 bits per heavy atom. The number of amides is 1. The average Bonchev–Trinajstić information content (AvgIpc) is 3.56. The number of pyridine rings is 1. The molecule has 1 amide bonds. The summed E-state index contributed by atoms with van der Waals surface area (Å²) in [5, 5.41) is 0. The fourth-order valence-corrected chi connectivity index (χ4v) is 5.00. The minimum absolute atomic E-state index is 0.194. The molecule has 1 aliphatic heterocycles. The van der Waals surface area contributed by atoms with Gasteiger partial charge in [-0.15, -0.1) is 0 Å². The van der Waals surface area contributed by atoms with Crippen LogP contribution in [0.4, 0.5) is 19.0 Å². The smallest absolute Gasteiger partial charge is 0.366 e. The van der Waals surface area contributed by atoms with Gasteiger partial charge in [0.05, 0.1) is 23.1 Å². The highest BCUT2D eigenvalue weighted by Crippen LogP contribution is 2.39. The predicted molar refractivity (Wildman–Crippen MR) is 139 cm³/mol. The van der Waals surface area contributed by atoms with Crippen LogP contribution in [0.15, 0.2) is 60.9 Å². The summed E-state index contributed by atoms with van der Waals surface area (Å²) in [6.45, 7) is 5.76. The average molecular weight is 523 g/mol. The van der Waals surface area contributed by atoms with Crippen LogP contribution in [-0.2, 0) is 6.18 Å². The summed E-state index contributed by atoms with van der Waals surface area (Å²) in [6.07, 6.45) is 0.292. The van der Waals surface area contributed by atoms with Gasteiger partial charge in [0.25, 0.3) is 5.91 Å². The molecule has 0 aliphatic carbocycles. The van der Waals surface area contributed by atoms with Crippen LogP contribution in [0.1, 0.15) is 66.1 Å². The number of alkyl halides is 3. The third kappa shape index (κ3) is 4.90. The zero-order valence-corrected chi connectivity index (χ0v) is 21.2. The molecular weight excluding hydrogens is 493 g/mol. The second-order valence-corrected chi connectivity index (χ2v) is 9.87. The normalized spacial score (nSPS) is 14.8. The summed E-state index contributed by atoms with van der Waals surface area (Å²) in [5.74, 6) is 1.26. The van der Waals surface area contributed by atoms with Crippen LogP contribution < -0.4 is 10.6 Å². The molecule has 7 nitrogen and oxygen atoms in total. The van der Waals surface area contributed by atoms with Gasteiger partial charge in [-0.05, 0) is 42.5 Å². The predicted octanol–water partition coefficient (Wildman–Crippen LogP) is 5.89. The second-order valence-electron chi connectivity index (χ2n) is 9.87. The van der Waals surface area contributed by atoms with Gasteiger partial charge in [-0.3, -0.25) is 4.79 Å². The van der Waals surface area contributed by atoms with Crippen LogP contribution in [0.2, 0.25) is 0 Å². The monoisotopic (exact) mass is 522 g/mol. The van der Waals surface area contributed by atoms with Crippen LogP contribution in [-0.4, -0.2) is 38.5 Å². The third-order valence-electron chi connectivity index (χ3n) is 7.04. The fourth-order valence-electron chi connectivity index (χ4n) is 5.00. The van der Waals surface area contributed by atoms with Crippen molar-refractivity contribution in [3.63, 3.8) is 0 Å². The van der Waals surface area contributed by atoms with E-state index in [2.05, 4.69) is 33.7 Å². The second kappa shape index (κ2) is 10.00. The van der Waals surface area contributed by atoms with E-state index in [-0.39, 0.29) is 11.4 Å². The molecule has 0 unspecified atom stereocenters. The van der Waals surface area contributed by atoms with Crippen LogP contribution in [0.3, 0.4) is 0 Å². The van der Waals surface area contributed by atoms with E-state index in [9.17, 15) is 18.0 Å². The molecule has 5 rings (SSSR count). The first-order chi connectivity index (χ1) is 18.1. The number of nitrogens with two attached hydrogens (primary N) is 1. The molecule has 10 heteroatoms. The van der Waals surface area contributed by atoms with Gasteiger partial charge in [-0.25, -0.2) is 9.97 Å². The van der Waals surface area contributed by atoms with E-state index in [1.54, 1.807) is 42.5 Å². The van der Waals surface area contributed by atoms with Crippen molar-refractivity contribution in [3.8, 4) is 16.9 Å². The van der Waals surface area contributed by atoms with Gasteiger partial charge in [0.15, 0.2) is 0 Å². The topological polar surface area (TPSA) is 92.8 Å². The minimum atomic E-state index is -4.81. The van der Waals surface area contributed by atoms with Gasteiger partial charge in [0.1, 0.15) is 17.3 Å². The summed E-state index contributed by atoms with van der Waals surface area (Å²) in [7, 11) is 0. The number of aromatic amines is 1. The number of rotatable bonds is 6. The molecule has 1 saturated heterocycles. The van der Waals surface area contributed by atoms with Gasteiger partial charge in [0.2, 0.25) is 0 Å². The maximum atomic E-state index is 14.2. The number of aromatic nitrogens is 4. The van der Waals surface area contributed by atoms with Crippen molar-refractivity contribution in [2.45, 2.75) is 44.7 Å².